The number of carbonyl (C=O) groups is 1. The Kier molecular flexibility index (Phi) is 8.99. The third-order valence-corrected chi connectivity index (χ3v) is 7.45. The minimum absolute atomic E-state index is 0.169. The monoisotopic (exact) mass is 572 g/mol. The summed E-state index contributed by atoms with van der Waals surface area (Å²) in [6.07, 6.45) is 6.93. The van der Waals surface area contributed by atoms with Crippen LogP contribution in [0, 0.1) is 6.92 Å². The number of amides is 1. The van der Waals surface area contributed by atoms with Crippen LogP contribution in [0.1, 0.15) is 61.9 Å². The van der Waals surface area contributed by atoms with E-state index < -0.39 is 0 Å². The molecule has 4 aromatic rings. The van der Waals surface area contributed by atoms with Crippen LogP contribution in [0.25, 0.3) is 10.9 Å². The molecule has 0 saturated heterocycles. The molecular weight excluding hydrogens is 540 g/mol. The Morgan fingerprint density at radius 1 is 1.10 bits per heavy atom. The number of benzene rings is 3. The third kappa shape index (κ3) is 6.60. The van der Waals surface area contributed by atoms with Crippen LogP contribution in [0.2, 0.25) is 5.02 Å². The predicted octanol–water partition coefficient (Wildman–Crippen LogP) is 6.70. The summed E-state index contributed by atoms with van der Waals surface area (Å²) in [5.74, 6) is 1.17. The molecule has 0 bridgehead atoms. The van der Waals surface area contributed by atoms with Crippen molar-refractivity contribution in [3.63, 3.8) is 0 Å². The lowest BCUT2D eigenvalue weighted by molar-refractivity contribution is -0.118. The number of fused-ring (bicyclic) bond motifs is 1. The summed E-state index contributed by atoms with van der Waals surface area (Å²) in [4.78, 5) is 30.9. The minimum atomic E-state index is -0.318. The molecule has 1 aromatic heterocycles. The molecule has 41 heavy (non-hydrogen) atoms. The predicted molar refractivity (Wildman–Crippen MR) is 163 cm³/mol. The van der Waals surface area contributed by atoms with Gasteiger partial charge >= 0.3 is 0 Å². The molecular formula is C32H33ClN4O4. The van der Waals surface area contributed by atoms with Gasteiger partial charge < -0.3 is 14.8 Å². The molecule has 0 spiro atoms. The SMILES string of the molecule is CCOc1cc(C=Nn2c(C3CCCCC3)nc3ccccc3c2=O)cc(Cl)c1OCC(=O)Nc1ccccc1C. The van der Waals surface area contributed by atoms with Gasteiger partial charge in [0.2, 0.25) is 0 Å². The summed E-state index contributed by atoms with van der Waals surface area (Å²) >= 11 is 6.60. The molecule has 1 fully saturated rings. The highest BCUT2D eigenvalue weighted by molar-refractivity contribution is 6.32. The maximum Gasteiger partial charge on any atom is 0.282 e. The van der Waals surface area contributed by atoms with E-state index in [4.69, 9.17) is 26.1 Å². The molecule has 0 aliphatic heterocycles. The van der Waals surface area contributed by atoms with Crippen LogP contribution >= 0.6 is 11.6 Å². The zero-order valence-corrected chi connectivity index (χ0v) is 24.0. The van der Waals surface area contributed by atoms with E-state index in [0.29, 0.717) is 34.6 Å². The zero-order valence-electron chi connectivity index (χ0n) is 23.2. The van der Waals surface area contributed by atoms with Crippen molar-refractivity contribution in [1.29, 1.82) is 0 Å². The smallest absolute Gasteiger partial charge is 0.282 e. The first-order valence-corrected chi connectivity index (χ1v) is 14.3. The molecule has 8 nitrogen and oxygen atoms in total. The third-order valence-electron chi connectivity index (χ3n) is 7.17. The Labute approximate surface area is 244 Å². The van der Waals surface area contributed by atoms with E-state index in [1.165, 1.54) is 11.1 Å². The largest absolute Gasteiger partial charge is 0.490 e. The Hall–Kier alpha value is -4.17. The second-order valence-corrected chi connectivity index (χ2v) is 10.5. The molecule has 1 heterocycles. The summed E-state index contributed by atoms with van der Waals surface area (Å²) in [5, 5.41) is 8.22. The van der Waals surface area contributed by atoms with Crippen molar-refractivity contribution in [3.05, 3.63) is 93.0 Å². The first-order valence-electron chi connectivity index (χ1n) is 13.9. The standard InChI is InChI=1S/C32H33ClN4O4/c1-3-40-28-18-22(17-25(33)30(28)41-20-29(38)35-26-15-9-7-11-21(26)2)19-34-37-31(23-12-5-4-6-13-23)36-27-16-10-8-14-24(27)32(37)39/h7-11,14-19,23H,3-6,12-13,20H2,1-2H3,(H,35,38). The van der Waals surface area contributed by atoms with Gasteiger partial charge in [-0.2, -0.15) is 9.78 Å². The van der Waals surface area contributed by atoms with Crippen LogP contribution in [0.3, 0.4) is 0 Å². The van der Waals surface area contributed by atoms with Crippen molar-refractivity contribution in [2.75, 3.05) is 18.5 Å². The summed E-state index contributed by atoms with van der Waals surface area (Å²) in [7, 11) is 0. The molecule has 1 aliphatic carbocycles. The number of hydrogen-bond acceptors (Lipinski definition) is 6. The van der Waals surface area contributed by atoms with Gasteiger partial charge in [0.1, 0.15) is 5.82 Å². The van der Waals surface area contributed by atoms with E-state index in [1.807, 2.05) is 56.3 Å². The van der Waals surface area contributed by atoms with Crippen LogP contribution in [0.15, 0.2) is 70.6 Å². The summed E-state index contributed by atoms with van der Waals surface area (Å²) < 4.78 is 13.0. The lowest BCUT2D eigenvalue weighted by Crippen LogP contribution is -2.25. The number of carbonyl (C=O) groups excluding carboxylic acids is 1. The van der Waals surface area contributed by atoms with Gasteiger partial charge in [0, 0.05) is 11.6 Å². The normalized spacial score (nSPS) is 13.9. The van der Waals surface area contributed by atoms with Crippen LogP contribution in [0.5, 0.6) is 11.5 Å². The summed E-state index contributed by atoms with van der Waals surface area (Å²) in [6.45, 7) is 3.88. The fourth-order valence-electron chi connectivity index (χ4n) is 5.10. The van der Waals surface area contributed by atoms with Crippen LogP contribution in [0.4, 0.5) is 5.69 Å². The molecule has 0 radical (unpaired) electrons. The molecule has 1 N–H and O–H groups in total. The molecule has 1 aliphatic rings. The summed E-state index contributed by atoms with van der Waals surface area (Å²) in [6, 6.07) is 18.3. The highest BCUT2D eigenvalue weighted by atomic mass is 35.5. The lowest BCUT2D eigenvalue weighted by atomic mass is 9.88. The maximum absolute atomic E-state index is 13.5. The Morgan fingerprint density at radius 2 is 1.85 bits per heavy atom. The number of anilines is 1. The Balaban J connectivity index is 1.42. The highest BCUT2D eigenvalue weighted by Gasteiger charge is 2.22. The molecule has 0 atom stereocenters. The topological polar surface area (TPSA) is 94.8 Å². The van der Waals surface area contributed by atoms with Crippen LogP contribution in [-0.4, -0.2) is 35.0 Å². The lowest BCUT2D eigenvalue weighted by Gasteiger charge is -2.22. The van der Waals surface area contributed by atoms with E-state index >= 15 is 0 Å². The highest BCUT2D eigenvalue weighted by Crippen LogP contribution is 2.37. The van der Waals surface area contributed by atoms with E-state index in [0.717, 1.165) is 36.9 Å². The van der Waals surface area contributed by atoms with Crippen LogP contribution in [-0.2, 0) is 4.79 Å². The molecule has 1 saturated carbocycles. The van der Waals surface area contributed by atoms with Crippen molar-refractivity contribution in [2.45, 2.75) is 51.9 Å². The molecule has 3 aromatic carbocycles. The number of hydrogen-bond donors (Lipinski definition) is 1. The molecule has 5 rings (SSSR count). The molecule has 1 amide bonds. The van der Waals surface area contributed by atoms with Gasteiger partial charge in [-0.15, -0.1) is 0 Å². The Morgan fingerprint density at radius 3 is 2.63 bits per heavy atom. The van der Waals surface area contributed by atoms with Crippen LogP contribution < -0.4 is 20.3 Å². The minimum Gasteiger partial charge on any atom is -0.490 e. The average Bonchev–Trinajstić information content (AvgIpc) is 2.98. The quantitative estimate of drug-likeness (QED) is 0.225. The number of ether oxygens (including phenoxy) is 2. The van der Waals surface area contributed by atoms with Crippen molar-refractivity contribution < 1.29 is 14.3 Å². The number of halogens is 1. The van der Waals surface area contributed by atoms with Crippen molar-refractivity contribution in [1.82, 2.24) is 9.66 Å². The van der Waals surface area contributed by atoms with E-state index in [9.17, 15) is 9.59 Å². The number of aromatic nitrogens is 2. The van der Waals surface area contributed by atoms with Gasteiger partial charge in [-0.3, -0.25) is 9.59 Å². The summed E-state index contributed by atoms with van der Waals surface area (Å²) in [5.41, 5.74) is 2.76. The van der Waals surface area contributed by atoms with Gasteiger partial charge in [-0.05, 0) is 68.1 Å². The molecule has 212 valence electrons. The maximum atomic E-state index is 13.5. The second-order valence-electron chi connectivity index (χ2n) is 10.1. The fourth-order valence-corrected chi connectivity index (χ4v) is 5.38. The Bertz CT molecular complexity index is 1640. The van der Waals surface area contributed by atoms with Gasteiger partial charge in [-0.1, -0.05) is 61.2 Å². The molecule has 9 heteroatoms. The second kappa shape index (κ2) is 13.0. The van der Waals surface area contributed by atoms with Gasteiger partial charge in [0.05, 0.1) is 28.7 Å². The van der Waals surface area contributed by atoms with Crippen molar-refractivity contribution in [2.24, 2.45) is 5.10 Å². The number of nitrogens with zero attached hydrogens (tertiary/aromatic N) is 3. The molecule has 0 unspecified atom stereocenters. The van der Waals surface area contributed by atoms with Crippen molar-refractivity contribution >= 4 is 40.3 Å². The van der Waals surface area contributed by atoms with Gasteiger partial charge in [0.25, 0.3) is 11.5 Å². The van der Waals surface area contributed by atoms with E-state index in [-0.39, 0.29) is 34.8 Å². The van der Waals surface area contributed by atoms with Crippen molar-refractivity contribution in [3.8, 4) is 11.5 Å². The fraction of sp³-hybridized carbons (Fsp3) is 0.312. The van der Waals surface area contributed by atoms with Gasteiger partial charge in [-0.25, -0.2) is 4.98 Å². The first-order chi connectivity index (χ1) is 19.9. The number of para-hydroxylation sites is 2. The average molecular weight is 573 g/mol. The van der Waals surface area contributed by atoms with Gasteiger partial charge in [0.15, 0.2) is 18.1 Å². The number of aryl methyl sites for hydroxylation is 1. The van der Waals surface area contributed by atoms with E-state index in [1.54, 1.807) is 24.4 Å². The number of rotatable bonds is 9. The number of nitrogens with one attached hydrogen (secondary N) is 1. The first kappa shape index (κ1) is 28.4. The van der Waals surface area contributed by atoms with E-state index in [2.05, 4.69) is 10.4 Å². The zero-order chi connectivity index (χ0) is 28.8.